The molecule has 0 saturated carbocycles. The summed E-state index contributed by atoms with van der Waals surface area (Å²) in [5.41, 5.74) is 0.835. The number of ether oxygens (including phenoxy) is 2. The fraction of sp³-hybridized carbons (Fsp3) is 0.316. The van der Waals surface area contributed by atoms with Gasteiger partial charge < -0.3 is 14.8 Å². The first-order valence-electron chi connectivity index (χ1n) is 8.39. The Hall–Kier alpha value is -2.74. The summed E-state index contributed by atoms with van der Waals surface area (Å²) in [5, 5.41) is 2.76. The van der Waals surface area contributed by atoms with E-state index in [4.69, 9.17) is 9.47 Å². The van der Waals surface area contributed by atoms with E-state index < -0.39 is 22.0 Å². The zero-order valence-electron chi connectivity index (χ0n) is 15.8. The summed E-state index contributed by atoms with van der Waals surface area (Å²) in [6.07, 6.45) is 1.36. The Morgan fingerprint density at radius 1 is 1.11 bits per heavy atom. The molecule has 0 spiro atoms. The minimum absolute atomic E-state index is 0.283. The normalized spacial score (nSPS) is 12.1. The van der Waals surface area contributed by atoms with Gasteiger partial charge in [-0.05, 0) is 30.7 Å². The SMILES string of the molecule is CC[C@@H](C(=O)Nc1ccccc1OC)N(c1cccc(OC)c1)S(C)(=O)=O. The van der Waals surface area contributed by atoms with Gasteiger partial charge in [0.1, 0.15) is 17.5 Å². The molecule has 146 valence electrons. The molecule has 0 aliphatic rings. The summed E-state index contributed by atoms with van der Waals surface area (Å²) in [5.74, 6) is 0.546. The van der Waals surface area contributed by atoms with Crippen molar-refractivity contribution in [3.8, 4) is 11.5 Å². The molecule has 0 aliphatic carbocycles. The Balaban J connectivity index is 2.41. The van der Waals surface area contributed by atoms with Crippen LogP contribution in [0.15, 0.2) is 48.5 Å². The number of para-hydroxylation sites is 2. The molecule has 0 radical (unpaired) electrons. The van der Waals surface area contributed by atoms with Gasteiger partial charge in [0.25, 0.3) is 0 Å². The first-order valence-corrected chi connectivity index (χ1v) is 10.2. The minimum atomic E-state index is -3.72. The number of nitrogens with zero attached hydrogens (tertiary/aromatic N) is 1. The number of amides is 1. The Labute approximate surface area is 160 Å². The zero-order valence-corrected chi connectivity index (χ0v) is 16.6. The molecule has 7 nitrogen and oxygen atoms in total. The Kier molecular flexibility index (Phi) is 6.68. The number of nitrogens with one attached hydrogen (secondary N) is 1. The van der Waals surface area contributed by atoms with Gasteiger partial charge in [-0.15, -0.1) is 0 Å². The first kappa shape index (κ1) is 20.6. The van der Waals surface area contributed by atoms with E-state index in [1.54, 1.807) is 55.5 Å². The smallest absolute Gasteiger partial charge is 0.248 e. The zero-order chi connectivity index (χ0) is 20.0. The predicted octanol–water partition coefficient (Wildman–Crippen LogP) is 2.89. The van der Waals surface area contributed by atoms with E-state index in [-0.39, 0.29) is 6.42 Å². The summed E-state index contributed by atoms with van der Waals surface area (Å²) < 4.78 is 36.5. The summed E-state index contributed by atoms with van der Waals surface area (Å²) in [6, 6.07) is 12.6. The van der Waals surface area contributed by atoms with E-state index in [2.05, 4.69) is 5.32 Å². The summed E-state index contributed by atoms with van der Waals surface area (Å²) in [7, 11) is -0.725. The molecule has 0 unspecified atom stereocenters. The largest absolute Gasteiger partial charge is 0.497 e. The molecule has 0 heterocycles. The summed E-state index contributed by atoms with van der Waals surface area (Å²) in [4.78, 5) is 12.9. The molecule has 1 amide bonds. The third-order valence-corrected chi connectivity index (χ3v) is 5.18. The number of carbonyl (C=O) groups excluding carboxylic acids is 1. The summed E-state index contributed by atoms with van der Waals surface area (Å²) >= 11 is 0. The molecule has 0 bridgehead atoms. The molecule has 0 fully saturated rings. The number of hydrogen-bond donors (Lipinski definition) is 1. The Morgan fingerprint density at radius 3 is 2.41 bits per heavy atom. The molecule has 1 atom stereocenters. The van der Waals surface area contributed by atoms with Gasteiger partial charge in [-0.1, -0.05) is 25.1 Å². The van der Waals surface area contributed by atoms with Gasteiger partial charge in [-0.2, -0.15) is 0 Å². The van der Waals surface area contributed by atoms with Crippen LogP contribution in [-0.4, -0.2) is 40.8 Å². The van der Waals surface area contributed by atoms with E-state index in [1.807, 2.05) is 0 Å². The number of benzene rings is 2. The van der Waals surface area contributed by atoms with Crippen LogP contribution >= 0.6 is 0 Å². The lowest BCUT2D eigenvalue weighted by Crippen LogP contribution is -2.47. The van der Waals surface area contributed by atoms with Crippen LogP contribution in [0.3, 0.4) is 0 Å². The van der Waals surface area contributed by atoms with Crippen molar-refractivity contribution in [3.63, 3.8) is 0 Å². The van der Waals surface area contributed by atoms with Crippen molar-refractivity contribution in [2.45, 2.75) is 19.4 Å². The van der Waals surface area contributed by atoms with Gasteiger partial charge in [0.05, 0.1) is 31.9 Å². The highest BCUT2D eigenvalue weighted by molar-refractivity contribution is 7.92. The molecular formula is C19H24N2O5S. The fourth-order valence-electron chi connectivity index (χ4n) is 2.77. The lowest BCUT2D eigenvalue weighted by Gasteiger charge is -2.30. The van der Waals surface area contributed by atoms with Crippen LogP contribution in [0.1, 0.15) is 13.3 Å². The van der Waals surface area contributed by atoms with Gasteiger partial charge in [0, 0.05) is 6.07 Å². The van der Waals surface area contributed by atoms with Gasteiger partial charge in [-0.25, -0.2) is 8.42 Å². The number of sulfonamides is 1. The average molecular weight is 392 g/mol. The third-order valence-electron chi connectivity index (χ3n) is 4.00. The van der Waals surface area contributed by atoms with Crippen molar-refractivity contribution in [1.82, 2.24) is 0 Å². The number of methoxy groups -OCH3 is 2. The highest BCUT2D eigenvalue weighted by atomic mass is 32.2. The van der Waals surface area contributed by atoms with Crippen LogP contribution in [0.25, 0.3) is 0 Å². The lowest BCUT2D eigenvalue weighted by atomic mass is 10.1. The molecule has 2 aromatic carbocycles. The molecule has 2 rings (SSSR count). The molecule has 0 saturated heterocycles. The second-order valence-electron chi connectivity index (χ2n) is 5.87. The van der Waals surface area contributed by atoms with Crippen molar-refractivity contribution in [2.24, 2.45) is 0 Å². The van der Waals surface area contributed by atoms with E-state index in [0.29, 0.717) is 22.9 Å². The maximum atomic E-state index is 12.9. The van der Waals surface area contributed by atoms with E-state index >= 15 is 0 Å². The molecule has 27 heavy (non-hydrogen) atoms. The number of anilines is 2. The summed E-state index contributed by atoms with van der Waals surface area (Å²) in [6.45, 7) is 1.75. The fourth-order valence-corrected chi connectivity index (χ4v) is 3.98. The Bertz CT molecular complexity index is 898. The van der Waals surface area contributed by atoms with Crippen molar-refractivity contribution >= 4 is 27.3 Å². The van der Waals surface area contributed by atoms with E-state index in [1.165, 1.54) is 14.2 Å². The van der Waals surface area contributed by atoms with Gasteiger partial charge in [-0.3, -0.25) is 9.10 Å². The number of rotatable bonds is 8. The van der Waals surface area contributed by atoms with Crippen molar-refractivity contribution < 1.29 is 22.7 Å². The lowest BCUT2D eigenvalue weighted by molar-refractivity contribution is -0.117. The number of carbonyl (C=O) groups is 1. The molecule has 2 aromatic rings. The van der Waals surface area contributed by atoms with Crippen LogP contribution in [0.5, 0.6) is 11.5 Å². The monoisotopic (exact) mass is 392 g/mol. The molecule has 0 aliphatic heterocycles. The topological polar surface area (TPSA) is 84.9 Å². The van der Waals surface area contributed by atoms with Crippen LogP contribution in [0.4, 0.5) is 11.4 Å². The quantitative estimate of drug-likeness (QED) is 0.747. The average Bonchev–Trinajstić information content (AvgIpc) is 2.65. The van der Waals surface area contributed by atoms with Crippen molar-refractivity contribution in [2.75, 3.05) is 30.1 Å². The van der Waals surface area contributed by atoms with Crippen LogP contribution in [0.2, 0.25) is 0 Å². The minimum Gasteiger partial charge on any atom is -0.497 e. The molecule has 0 aromatic heterocycles. The van der Waals surface area contributed by atoms with E-state index in [9.17, 15) is 13.2 Å². The third kappa shape index (κ3) is 4.91. The second kappa shape index (κ2) is 8.77. The van der Waals surface area contributed by atoms with Gasteiger partial charge >= 0.3 is 0 Å². The van der Waals surface area contributed by atoms with Crippen LogP contribution < -0.4 is 19.1 Å². The van der Waals surface area contributed by atoms with Gasteiger partial charge in [0.2, 0.25) is 15.9 Å². The predicted molar refractivity (Wildman–Crippen MR) is 106 cm³/mol. The molecule has 1 N–H and O–H groups in total. The maximum Gasteiger partial charge on any atom is 0.248 e. The maximum absolute atomic E-state index is 12.9. The molecular weight excluding hydrogens is 368 g/mol. The highest BCUT2D eigenvalue weighted by Crippen LogP contribution is 2.28. The van der Waals surface area contributed by atoms with Crippen LogP contribution in [-0.2, 0) is 14.8 Å². The van der Waals surface area contributed by atoms with Crippen molar-refractivity contribution in [1.29, 1.82) is 0 Å². The number of hydrogen-bond acceptors (Lipinski definition) is 5. The second-order valence-corrected chi connectivity index (χ2v) is 7.73. The van der Waals surface area contributed by atoms with E-state index in [0.717, 1.165) is 10.6 Å². The van der Waals surface area contributed by atoms with Crippen LogP contribution in [0, 0.1) is 0 Å². The van der Waals surface area contributed by atoms with Crippen molar-refractivity contribution in [3.05, 3.63) is 48.5 Å². The standard InChI is InChI=1S/C19H24N2O5S/c1-5-17(19(22)20-16-11-6-7-12-18(16)26-3)21(27(4,23)24)14-9-8-10-15(13-14)25-2/h6-13,17H,5H2,1-4H3,(H,20,22)/t17-/m0/s1. The van der Waals surface area contributed by atoms with Gasteiger partial charge in [0.15, 0.2) is 0 Å². The Morgan fingerprint density at radius 2 is 1.81 bits per heavy atom. The molecule has 8 heteroatoms. The highest BCUT2D eigenvalue weighted by Gasteiger charge is 2.32. The first-order chi connectivity index (χ1) is 12.8.